The lowest BCUT2D eigenvalue weighted by atomic mass is 9.94. The highest BCUT2D eigenvalue weighted by Gasteiger charge is 2.35. The number of nitrogens with zero attached hydrogens (tertiary/aromatic N) is 3. The van der Waals surface area contributed by atoms with Crippen LogP contribution in [0.15, 0.2) is 80.1 Å². The third-order valence-electron chi connectivity index (χ3n) is 7.12. The Morgan fingerprint density at radius 3 is 2.60 bits per heavy atom. The molecule has 216 valence electrons. The topological polar surface area (TPSA) is 114 Å². The van der Waals surface area contributed by atoms with E-state index in [4.69, 9.17) is 25.7 Å². The number of hydrogen-bond acceptors (Lipinski definition) is 7. The molecular formula is C31H28ClN3O6S. The van der Waals surface area contributed by atoms with Gasteiger partial charge in [-0.15, -0.1) is 0 Å². The molecule has 1 amide bonds. The maximum atomic E-state index is 14.0. The lowest BCUT2D eigenvalue weighted by molar-refractivity contribution is -0.127. The first-order valence-corrected chi connectivity index (χ1v) is 14.5. The van der Waals surface area contributed by atoms with Crippen molar-refractivity contribution in [1.82, 2.24) is 9.47 Å². The molecule has 9 nitrogen and oxygen atoms in total. The Kier molecular flexibility index (Phi) is 8.20. The highest BCUT2D eigenvalue weighted by Crippen LogP contribution is 2.36. The van der Waals surface area contributed by atoms with Crippen LogP contribution in [0.4, 0.5) is 0 Å². The van der Waals surface area contributed by atoms with Crippen LogP contribution in [0.3, 0.4) is 0 Å². The smallest absolute Gasteiger partial charge is 0.337 e. The number of halogens is 1. The molecule has 0 saturated heterocycles. The third kappa shape index (κ3) is 5.19. The third-order valence-corrected chi connectivity index (χ3v) is 8.43. The molecule has 2 aromatic heterocycles. The first kappa shape index (κ1) is 29.1. The summed E-state index contributed by atoms with van der Waals surface area (Å²) in [5, 5.41) is 9.54. The van der Waals surface area contributed by atoms with Gasteiger partial charge in [0.25, 0.3) is 11.5 Å². The molecule has 2 aromatic carbocycles. The average molecular weight is 606 g/mol. The van der Waals surface area contributed by atoms with Crippen LogP contribution in [0.1, 0.15) is 48.5 Å². The minimum atomic E-state index is -1.14. The predicted octanol–water partition coefficient (Wildman–Crippen LogP) is 4.72. The molecule has 1 aliphatic rings. The van der Waals surface area contributed by atoms with Crippen LogP contribution in [-0.4, -0.2) is 46.6 Å². The number of methoxy groups -OCH3 is 1. The van der Waals surface area contributed by atoms with E-state index in [1.165, 1.54) is 23.5 Å². The lowest BCUT2D eigenvalue weighted by Crippen LogP contribution is -2.43. The molecule has 11 heteroatoms. The Hall–Kier alpha value is -4.41. The van der Waals surface area contributed by atoms with Gasteiger partial charge in [-0.3, -0.25) is 14.2 Å². The summed E-state index contributed by atoms with van der Waals surface area (Å²) in [6, 6.07) is 14.6. The maximum absolute atomic E-state index is 14.0. The second kappa shape index (κ2) is 11.8. The zero-order valence-electron chi connectivity index (χ0n) is 23.4. The van der Waals surface area contributed by atoms with Gasteiger partial charge in [0, 0.05) is 30.3 Å². The van der Waals surface area contributed by atoms with Crippen LogP contribution < -0.4 is 19.6 Å². The number of carbonyl (C=O) groups is 2. The van der Waals surface area contributed by atoms with Crippen molar-refractivity contribution < 1.29 is 23.8 Å². The summed E-state index contributed by atoms with van der Waals surface area (Å²) in [5.74, 6) is 0.0319. The minimum Gasteiger partial charge on any atom is -0.496 e. The zero-order valence-corrected chi connectivity index (χ0v) is 25.0. The fourth-order valence-corrected chi connectivity index (χ4v) is 6.25. The van der Waals surface area contributed by atoms with E-state index in [0.29, 0.717) is 62.1 Å². The summed E-state index contributed by atoms with van der Waals surface area (Å²) in [7, 11) is 1.56. The number of para-hydroxylation sites is 1. The van der Waals surface area contributed by atoms with Crippen molar-refractivity contribution in [3.63, 3.8) is 0 Å². The second-order valence-corrected chi connectivity index (χ2v) is 10.9. The largest absolute Gasteiger partial charge is 0.496 e. The number of furan rings is 1. The average Bonchev–Trinajstić information content (AvgIpc) is 3.57. The minimum absolute atomic E-state index is 0.0396. The van der Waals surface area contributed by atoms with Gasteiger partial charge in [-0.2, -0.15) is 0 Å². The first-order valence-electron chi connectivity index (χ1n) is 13.3. The van der Waals surface area contributed by atoms with E-state index in [1.54, 1.807) is 53.8 Å². The van der Waals surface area contributed by atoms with Crippen molar-refractivity contribution >= 4 is 40.9 Å². The first-order chi connectivity index (χ1) is 20.2. The monoisotopic (exact) mass is 605 g/mol. The van der Waals surface area contributed by atoms with Crippen LogP contribution in [0.5, 0.6) is 5.75 Å². The van der Waals surface area contributed by atoms with Crippen LogP contribution >= 0.6 is 22.9 Å². The Labute approximate surface area is 250 Å². The molecule has 4 aromatic rings. The Morgan fingerprint density at radius 2 is 1.90 bits per heavy atom. The van der Waals surface area contributed by atoms with E-state index in [9.17, 15) is 19.5 Å². The van der Waals surface area contributed by atoms with E-state index in [-0.39, 0.29) is 22.1 Å². The summed E-state index contributed by atoms with van der Waals surface area (Å²) >= 11 is 7.20. The van der Waals surface area contributed by atoms with Gasteiger partial charge in [-0.1, -0.05) is 41.1 Å². The number of carbonyl (C=O) groups excluding carboxylic acids is 1. The van der Waals surface area contributed by atoms with Crippen LogP contribution in [0, 0.1) is 0 Å². The highest BCUT2D eigenvalue weighted by atomic mass is 35.5. The van der Waals surface area contributed by atoms with Crippen molar-refractivity contribution in [2.45, 2.75) is 26.8 Å². The number of likely N-dealkylation sites (N-methyl/N-ethyl adjacent to an activating group) is 1. The van der Waals surface area contributed by atoms with Crippen LogP contribution in [0.2, 0.25) is 5.02 Å². The summed E-state index contributed by atoms with van der Waals surface area (Å²) in [5.41, 5.74) is 1.79. The fourth-order valence-electron chi connectivity index (χ4n) is 5.02. The molecule has 5 rings (SSSR count). The quantitative estimate of drug-likeness (QED) is 0.311. The standard InChI is InChI=1S/C31H28ClN3O6S/c1-5-34(6-2)29(37)26-17(3)33-31-35(27(26)20-9-7-8-10-24(20)40-4)28(36)25(42-31)16-19-12-14-23(41-19)18-11-13-22(32)21(15-18)30(38)39/h7-16,27H,5-6H2,1-4H3,(H,38,39)/b25-16+/t27-/m1/s1. The maximum Gasteiger partial charge on any atom is 0.337 e. The number of benzene rings is 2. The van der Waals surface area contributed by atoms with Gasteiger partial charge >= 0.3 is 5.97 Å². The number of aromatic nitrogens is 1. The molecule has 0 bridgehead atoms. The normalized spacial score (nSPS) is 14.9. The van der Waals surface area contributed by atoms with Gasteiger partial charge in [-0.25, -0.2) is 9.79 Å². The van der Waals surface area contributed by atoms with E-state index < -0.39 is 12.0 Å². The SMILES string of the molecule is CCN(CC)C(=O)C1=C(C)N=c2s/c(=C/c3ccc(-c4ccc(Cl)c(C(=O)O)c4)o3)c(=O)n2[C@@H]1c1ccccc1OC. The number of carboxylic acids is 1. The number of amides is 1. The Balaban J connectivity index is 1.65. The molecule has 3 heterocycles. The van der Waals surface area contributed by atoms with Crippen molar-refractivity contribution in [3.8, 4) is 17.1 Å². The zero-order chi connectivity index (χ0) is 30.1. The number of allylic oxidation sites excluding steroid dienone is 1. The molecule has 0 aliphatic carbocycles. The molecule has 1 N–H and O–H groups in total. The number of hydrogen-bond donors (Lipinski definition) is 1. The molecule has 1 aliphatic heterocycles. The van der Waals surface area contributed by atoms with Gasteiger partial charge < -0.3 is 19.2 Å². The molecule has 0 fully saturated rings. The van der Waals surface area contributed by atoms with Gasteiger partial charge in [-0.05, 0) is 57.2 Å². The number of carboxylic acid groups (broad SMARTS) is 1. The summed E-state index contributed by atoms with van der Waals surface area (Å²) in [6.45, 7) is 6.63. The van der Waals surface area contributed by atoms with Gasteiger partial charge in [0.15, 0.2) is 4.80 Å². The number of thiazole rings is 1. The Morgan fingerprint density at radius 1 is 1.17 bits per heavy atom. The predicted molar refractivity (Wildman–Crippen MR) is 161 cm³/mol. The fraction of sp³-hybridized carbons (Fsp3) is 0.226. The highest BCUT2D eigenvalue weighted by molar-refractivity contribution is 7.07. The molecule has 0 saturated carbocycles. The summed E-state index contributed by atoms with van der Waals surface area (Å²) < 4.78 is 13.5. The lowest BCUT2D eigenvalue weighted by Gasteiger charge is -2.29. The van der Waals surface area contributed by atoms with Gasteiger partial charge in [0.2, 0.25) is 0 Å². The van der Waals surface area contributed by atoms with Crippen molar-refractivity contribution in [1.29, 1.82) is 0 Å². The number of ether oxygens (including phenoxy) is 1. The van der Waals surface area contributed by atoms with Gasteiger partial charge in [0.05, 0.1) is 33.5 Å². The summed E-state index contributed by atoms with van der Waals surface area (Å²) in [4.78, 5) is 46.1. The molecule has 42 heavy (non-hydrogen) atoms. The molecule has 0 unspecified atom stereocenters. The molecule has 1 atom stereocenters. The Bertz CT molecular complexity index is 1910. The van der Waals surface area contributed by atoms with Crippen molar-refractivity contribution in [2.24, 2.45) is 4.99 Å². The number of rotatable bonds is 8. The molecular weight excluding hydrogens is 578 g/mol. The molecule has 0 radical (unpaired) electrons. The van der Waals surface area contributed by atoms with E-state index in [0.717, 1.165) is 0 Å². The molecule has 0 spiro atoms. The second-order valence-electron chi connectivity index (χ2n) is 9.50. The number of aromatic carboxylic acids is 1. The van der Waals surface area contributed by atoms with Gasteiger partial charge in [0.1, 0.15) is 23.3 Å². The van der Waals surface area contributed by atoms with E-state index >= 15 is 0 Å². The van der Waals surface area contributed by atoms with E-state index in [2.05, 4.69) is 0 Å². The van der Waals surface area contributed by atoms with Crippen LogP contribution in [-0.2, 0) is 4.79 Å². The van der Waals surface area contributed by atoms with E-state index in [1.807, 2.05) is 32.0 Å². The van der Waals surface area contributed by atoms with Crippen molar-refractivity contribution in [2.75, 3.05) is 20.2 Å². The van der Waals surface area contributed by atoms with Crippen LogP contribution in [0.25, 0.3) is 17.4 Å². The number of fused-ring (bicyclic) bond motifs is 1. The summed E-state index contributed by atoms with van der Waals surface area (Å²) in [6.07, 6.45) is 1.62. The van der Waals surface area contributed by atoms with Crippen molar-refractivity contribution in [3.05, 3.63) is 107 Å².